The fraction of sp³-hybridized carbons (Fsp3) is 0.455. The van der Waals surface area contributed by atoms with E-state index in [1.807, 2.05) is 29.4 Å². The molecule has 0 radical (unpaired) electrons. The predicted octanol–water partition coefficient (Wildman–Crippen LogP) is 6.83. The topological polar surface area (TPSA) is 54.9 Å². The summed E-state index contributed by atoms with van der Waals surface area (Å²) in [6, 6.07) is 17.1. The molecule has 6 nitrogen and oxygen atoms in total. The molecule has 0 unspecified atom stereocenters. The zero-order valence-corrected chi connectivity index (χ0v) is 24.0. The van der Waals surface area contributed by atoms with Crippen LogP contribution in [0.5, 0.6) is 5.75 Å². The summed E-state index contributed by atoms with van der Waals surface area (Å²) in [6.45, 7) is 7.74. The van der Waals surface area contributed by atoms with Crippen molar-refractivity contribution in [2.75, 3.05) is 38.8 Å². The van der Waals surface area contributed by atoms with Crippen LogP contribution in [0.4, 0.5) is 5.69 Å². The summed E-state index contributed by atoms with van der Waals surface area (Å²) in [4.78, 5) is 21.9. The van der Waals surface area contributed by atoms with E-state index in [2.05, 4.69) is 60.1 Å². The third kappa shape index (κ3) is 7.68. The van der Waals surface area contributed by atoms with E-state index in [-0.39, 0.29) is 12.5 Å². The van der Waals surface area contributed by atoms with E-state index >= 15 is 0 Å². The van der Waals surface area contributed by atoms with Crippen molar-refractivity contribution in [2.45, 2.75) is 65.0 Å². The lowest BCUT2D eigenvalue weighted by Crippen LogP contribution is -2.36. The van der Waals surface area contributed by atoms with Crippen LogP contribution < -0.4 is 9.64 Å². The zero-order valence-electron chi connectivity index (χ0n) is 24.0. The molecule has 0 spiro atoms. The van der Waals surface area contributed by atoms with Crippen LogP contribution in [0.15, 0.2) is 60.9 Å². The van der Waals surface area contributed by atoms with Gasteiger partial charge in [-0.15, -0.1) is 0 Å². The molecule has 1 amide bonds. The molecule has 1 aliphatic rings. The van der Waals surface area contributed by atoms with E-state index in [0.717, 1.165) is 67.0 Å². The lowest BCUT2D eigenvalue weighted by molar-refractivity contribution is -0.122. The van der Waals surface area contributed by atoms with Crippen molar-refractivity contribution in [3.05, 3.63) is 77.6 Å². The van der Waals surface area contributed by atoms with Gasteiger partial charge >= 0.3 is 0 Å². The second-order valence-electron chi connectivity index (χ2n) is 10.8. The number of hydrogen-bond acceptors (Lipinski definition) is 5. The van der Waals surface area contributed by atoms with E-state index < -0.39 is 0 Å². The Morgan fingerprint density at radius 2 is 1.64 bits per heavy atom. The quantitative estimate of drug-likeness (QED) is 0.336. The Hall–Kier alpha value is -3.22. The number of anilines is 1. The highest BCUT2D eigenvalue weighted by molar-refractivity contribution is 5.95. The number of benzene rings is 2. The van der Waals surface area contributed by atoms with Crippen LogP contribution in [0.2, 0.25) is 0 Å². The number of methoxy groups -OCH3 is 2. The normalized spacial score (nSPS) is 15.4. The summed E-state index contributed by atoms with van der Waals surface area (Å²) >= 11 is 0. The SMILES string of the molecule is COCC(=O)N1CCCCCCCN(Cc2cc(C(C)C)ccc2OC)Cc2cc(-c3ccncc3)ccc21. The van der Waals surface area contributed by atoms with E-state index in [4.69, 9.17) is 9.47 Å². The minimum absolute atomic E-state index is 0.00493. The molecular formula is C33H43N3O3. The number of hydrogen-bond donors (Lipinski definition) is 0. The Labute approximate surface area is 234 Å². The Morgan fingerprint density at radius 1 is 0.897 bits per heavy atom. The molecule has 0 aliphatic carbocycles. The van der Waals surface area contributed by atoms with Gasteiger partial charge in [0.1, 0.15) is 12.4 Å². The van der Waals surface area contributed by atoms with Gasteiger partial charge in [-0.2, -0.15) is 0 Å². The highest BCUT2D eigenvalue weighted by atomic mass is 16.5. The smallest absolute Gasteiger partial charge is 0.252 e. The molecule has 4 rings (SSSR count). The van der Waals surface area contributed by atoms with Crippen molar-refractivity contribution in [1.82, 2.24) is 9.88 Å². The molecule has 0 fully saturated rings. The second-order valence-corrected chi connectivity index (χ2v) is 10.8. The molecular weight excluding hydrogens is 486 g/mol. The zero-order chi connectivity index (χ0) is 27.6. The Bertz CT molecular complexity index is 1210. The van der Waals surface area contributed by atoms with Crippen LogP contribution in [-0.4, -0.2) is 49.7 Å². The Kier molecular flexibility index (Phi) is 10.5. The molecule has 1 aromatic heterocycles. The van der Waals surface area contributed by atoms with Gasteiger partial charge in [-0.05, 0) is 77.9 Å². The van der Waals surface area contributed by atoms with Crippen LogP contribution in [0.1, 0.15) is 68.6 Å². The lowest BCUT2D eigenvalue weighted by atomic mass is 9.99. The third-order valence-corrected chi connectivity index (χ3v) is 7.57. The maximum Gasteiger partial charge on any atom is 0.252 e. The van der Waals surface area contributed by atoms with Crippen LogP contribution in [-0.2, 0) is 22.6 Å². The summed E-state index contributed by atoms with van der Waals surface area (Å²) in [5.41, 5.74) is 6.89. The monoisotopic (exact) mass is 529 g/mol. The average Bonchev–Trinajstić information content (AvgIpc) is 2.94. The van der Waals surface area contributed by atoms with Gasteiger partial charge in [0.25, 0.3) is 5.91 Å². The first-order chi connectivity index (χ1) is 19.0. The summed E-state index contributed by atoms with van der Waals surface area (Å²) in [5.74, 6) is 1.38. The summed E-state index contributed by atoms with van der Waals surface area (Å²) in [5, 5.41) is 0. The van der Waals surface area contributed by atoms with Gasteiger partial charge in [-0.1, -0.05) is 51.3 Å². The van der Waals surface area contributed by atoms with Crippen molar-refractivity contribution >= 4 is 11.6 Å². The molecule has 0 saturated heterocycles. The molecule has 0 atom stereocenters. The van der Waals surface area contributed by atoms with Crippen molar-refractivity contribution in [3.63, 3.8) is 0 Å². The molecule has 2 heterocycles. The predicted molar refractivity (Wildman–Crippen MR) is 158 cm³/mol. The first kappa shape index (κ1) is 28.8. The van der Waals surface area contributed by atoms with Gasteiger partial charge in [-0.3, -0.25) is 14.7 Å². The maximum atomic E-state index is 13.3. The van der Waals surface area contributed by atoms with Crippen molar-refractivity contribution in [2.24, 2.45) is 0 Å². The molecule has 0 N–H and O–H groups in total. The molecule has 0 bridgehead atoms. The average molecular weight is 530 g/mol. The highest BCUT2D eigenvalue weighted by Crippen LogP contribution is 2.32. The standard InChI is InChI=1S/C33H43N3O3/c1-25(2)27-11-13-32(39-4)30(20-27)23-35-18-8-6-5-7-9-19-36(33(37)24-38-3)31-12-10-28(21-29(31)22-35)26-14-16-34-17-15-26/h10-17,20-21,25H,5-9,18-19,22-24H2,1-4H3. The second kappa shape index (κ2) is 14.2. The fourth-order valence-electron chi connectivity index (χ4n) is 5.39. The minimum Gasteiger partial charge on any atom is -0.496 e. The highest BCUT2D eigenvalue weighted by Gasteiger charge is 2.22. The lowest BCUT2D eigenvalue weighted by Gasteiger charge is -2.30. The Balaban J connectivity index is 1.76. The van der Waals surface area contributed by atoms with Crippen molar-refractivity contribution in [3.8, 4) is 16.9 Å². The molecule has 2 aromatic carbocycles. The molecule has 0 saturated carbocycles. The van der Waals surface area contributed by atoms with E-state index in [9.17, 15) is 4.79 Å². The maximum absolute atomic E-state index is 13.3. The molecule has 3 aromatic rings. The van der Waals surface area contributed by atoms with Crippen molar-refractivity contribution in [1.29, 1.82) is 0 Å². The van der Waals surface area contributed by atoms with Crippen LogP contribution in [0.25, 0.3) is 11.1 Å². The number of carbonyl (C=O) groups is 1. The number of aromatic nitrogens is 1. The van der Waals surface area contributed by atoms with Gasteiger partial charge in [0, 0.05) is 50.4 Å². The number of nitrogens with zero attached hydrogens (tertiary/aromatic N) is 3. The number of amides is 1. The molecule has 39 heavy (non-hydrogen) atoms. The van der Waals surface area contributed by atoms with Crippen molar-refractivity contribution < 1.29 is 14.3 Å². The number of pyridine rings is 1. The minimum atomic E-state index is 0.00493. The number of ether oxygens (including phenoxy) is 2. The van der Waals surface area contributed by atoms with Gasteiger partial charge in [-0.25, -0.2) is 0 Å². The third-order valence-electron chi connectivity index (χ3n) is 7.57. The van der Waals surface area contributed by atoms with Gasteiger partial charge in [0.2, 0.25) is 0 Å². The van der Waals surface area contributed by atoms with Crippen LogP contribution in [0, 0.1) is 0 Å². The van der Waals surface area contributed by atoms with Gasteiger partial charge < -0.3 is 14.4 Å². The first-order valence-corrected chi connectivity index (χ1v) is 14.2. The Morgan fingerprint density at radius 3 is 2.36 bits per heavy atom. The van der Waals surface area contributed by atoms with Gasteiger partial charge in [0.15, 0.2) is 0 Å². The molecule has 1 aliphatic heterocycles. The number of fused-ring (bicyclic) bond motifs is 1. The van der Waals surface area contributed by atoms with E-state index in [0.29, 0.717) is 12.5 Å². The molecule has 208 valence electrons. The van der Waals surface area contributed by atoms with E-state index in [1.165, 1.54) is 24.0 Å². The molecule has 6 heteroatoms. The summed E-state index contributed by atoms with van der Waals surface area (Å²) < 4.78 is 11.1. The summed E-state index contributed by atoms with van der Waals surface area (Å²) in [7, 11) is 3.34. The summed E-state index contributed by atoms with van der Waals surface area (Å²) in [6.07, 6.45) is 9.27. The number of rotatable bonds is 7. The number of carbonyl (C=O) groups excluding carboxylic acids is 1. The first-order valence-electron chi connectivity index (χ1n) is 14.2. The van der Waals surface area contributed by atoms with Crippen LogP contribution in [0.3, 0.4) is 0 Å². The largest absolute Gasteiger partial charge is 0.496 e. The van der Waals surface area contributed by atoms with Gasteiger partial charge in [0.05, 0.1) is 7.11 Å². The fourth-order valence-corrected chi connectivity index (χ4v) is 5.39. The van der Waals surface area contributed by atoms with E-state index in [1.54, 1.807) is 14.2 Å². The van der Waals surface area contributed by atoms with Crippen LogP contribution >= 0.6 is 0 Å².